The van der Waals surface area contributed by atoms with Gasteiger partial charge in [-0.15, -0.1) is 0 Å². The van der Waals surface area contributed by atoms with E-state index in [4.69, 9.17) is 22.1 Å². The van der Waals surface area contributed by atoms with Crippen molar-refractivity contribution in [1.82, 2.24) is 14.3 Å². The molecule has 1 aliphatic rings. The Kier molecular flexibility index (Phi) is 4.93. The van der Waals surface area contributed by atoms with Crippen LogP contribution in [-0.2, 0) is 5.54 Å². The average Bonchev–Trinajstić information content (AvgIpc) is 2.42. The third kappa shape index (κ3) is 3.77. The molecular formula is C17H23ClN4OS. The molecule has 1 aliphatic carbocycles. The lowest BCUT2D eigenvalue weighted by molar-refractivity contribution is 0.121. The number of nitrogens with zero attached hydrogens (tertiary/aromatic N) is 3. The number of halogens is 1. The van der Waals surface area contributed by atoms with Gasteiger partial charge in [0.2, 0.25) is 5.88 Å². The monoisotopic (exact) mass is 366 g/mol. The summed E-state index contributed by atoms with van der Waals surface area (Å²) < 4.78 is 8.25. The van der Waals surface area contributed by atoms with Gasteiger partial charge in [0.25, 0.3) is 0 Å². The van der Waals surface area contributed by atoms with Gasteiger partial charge in [0.05, 0.1) is 5.39 Å². The minimum Gasteiger partial charge on any atom is -0.474 e. The van der Waals surface area contributed by atoms with Crippen LogP contribution in [0.5, 0.6) is 5.88 Å². The van der Waals surface area contributed by atoms with Crippen molar-refractivity contribution < 1.29 is 4.74 Å². The standard InChI is InChI=1S/C17H23ClN4OS/c1-17(2,19)14-9-21-16(13-8-20-15(18)7-12(13)14)23-10-5-11(6-10)24-22(3)4/h7-11H,5-6,19H2,1-4H3. The maximum absolute atomic E-state index is 6.27. The number of nitrogens with two attached hydrogens (primary N) is 1. The van der Waals surface area contributed by atoms with Crippen molar-refractivity contribution in [2.45, 2.75) is 43.6 Å². The van der Waals surface area contributed by atoms with Crippen molar-refractivity contribution in [1.29, 1.82) is 0 Å². The summed E-state index contributed by atoms with van der Waals surface area (Å²) in [5.74, 6) is 0.612. The molecule has 0 radical (unpaired) electrons. The minimum absolute atomic E-state index is 0.200. The highest BCUT2D eigenvalue weighted by Gasteiger charge is 2.33. The molecule has 3 rings (SSSR count). The SMILES string of the molecule is CN(C)SC1CC(Oc2ncc(C(C)(C)N)c3cc(Cl)ncc23)C1. The van der Waals surface area contributed by atoms with Gasteiger partial charge in [0.15, 0.2) is 0 Å². The Balaban J connectivity index is 1.85. The number of fused-ring (bicyclic) bond motifs is 1. The molecule has 24 heavy (non-hydrogen) atoms. The molecule has 5 nitrogen and oxygen atoms in total. The Morgan fingerprint density at radius 2 is 1.96 bits per heavy atom. The Morgan fingerprint density at radius 1 is 1.25 bits per heavy atom. The summed E-state index contributed by atoms with van der Waals surface area (Å²) in [6, 6.07) is 1.83. The van der Waals surface area contributed by atoms with E-state index in [1.54, 1.807) is 12.4 Å². The van der Waals surface area contributed by atoms with Crippen molar-refractivity contribution in [3.8, 4) is 5.88 Å². The molecule has 2 aromatic rings. The van der Waals surface area contributed by atoms with Crippen LogP contribution < -0.4 is 10.5 Å². The molecule has 2 N–H and O–H groups in total. The van der Waals surface area contributed by atoms with E-state index in [9.17, 15) is 0 Å². The first-order valence-corrected chi connectivity index (χ1v) is 9.20. The van der Waals surface area contributed by atoms with E-state index < -0.39 is 5.54 Å². The van der Waals surface area contributed by atoms with Crippen LogP contribution in [0.4, 0.5) is 0 Å². The van der Waals surface area contributed by atoms with Crippen LogP contribution in [0.1, 0.15) is 32.3 Å². The Morgan fingerprint density at radius 3 is 2.58 bits per heavy atom. The summed E-state index contributed by atoms with van der Waals surface area (Å²) in [7, 11) is 4.13. The predicted octanol–water partition coefficient (Wildman–Crippen LogP) is 3.60. The van der Waals surface area contributed by atoms with Crippen molar-refractivity contribution in [3.63, 3.8) is 0 Å². The molecule has 0 aromatic carbocycles. The third-order valence-corrected chi connectivity index (χ3v) is 5.40. The average molecular weight is 367 g/mol. The summed E-state index contributed by atoms with van der Waals surface area (Å²) in [6.45, 7) is 3.90. The molecule has 7 heteroatoms. The topological polar surface area (TPSA) is 64.3 Å². The number of rotatable bonds is 5. The van der Waals surface area contributed by atoms with E-state index in [1.165, 1.54) is 0 Å². The van der Waals surface area contributed by atoms with Gasteiger partial charge in [0, 0.05) is 23.2 Å². The fourth-order valence-electron chi connectivity index (χ4n) is 2.85. The van der Waals surface area contributed by atoms with E-state index in [2.05, 4.69) is 28.4 Å². The summed E-state index contributed by atoms with van der Waals surface area (Å²) in [5.41, 5.74) is 6.69. The van der Waals surface area contributed by atoms with Crippen LogP contribution in [-0.4, -0.2) is 39.7 Å². The molecule has 0 bridgehead atoms. The van der Waals surface area contributed by atoms with Crippen LogP contribution in [0.2, 0.25) is 5.15 Å². The summed E-state index contributed by atoms with van der Waals surface area (Å²) in [6.07, 6.45) is 5.76. The van der Waals surface area contributed by atoms with Crippen LogP contribution >= 0.6 is 23.5 Å². The molecular weight excluding hydrogens is 344 g/mol. The lowest BCUT2D eigenvalue weighted by Gasteiger charge is -2.36. The molecule has 0 atom stereocenters. The molecule has 0 amide bonds. The molecule has 1 fully saturated rings. The normalized spacial score (nSPS) is 21.1. The van der Waals surface area contributed by atoms with Gasteiger partial charge in [-0.05, 0) is 57.8 Å². The lowest BCUT2D eigenvalue weighted by atomic mass is 9.93. The highest BCUT2D eigenvalue weighted by Crippen LogP contribution is 2.38. The largest absolute Gasteiger partial charge is 0.474 e. The van der Waals surface area contributed by atoms with E-state index >= 15 is 0 Å². The maximum Gasteiger partial charge on any atom is 0.223 e. The molecule has 1 saturated carbocycles. The fourth-order valence-corrected chi connectivity index (χ4v) is 4.20. The second-order valence-electron chi connectivity index (χ2n) is 7.00. The number of aromatic nitrogens is 2. The number of pyridine rings is 2. The van der Waals surface area contributed by atoms with Gasteiger partial charge in [-0.2, -0.15) is 0 Å². The highest BCUT2D eigenvalue weighted by atomic mass is 35.5. The van der Waals surface area contributed by atoms with Crippen LogP contribution in [0.3, 0.4) is 0 Å². The van der Waals surface area contributed by atoms with Crippen LogP contribution in [0, 0.1) is 0 Å². The first kappa shape index (κ1) is 17.7. The van der Waals surface area contributed by atoms with E-state index in [0.29, 0.717) is 16.3 Å². The van der Waals surface area contributed by atoms with Gasteiger partial charge < -0.3 is 10.5 Å². The summed E-state index contributed by atoms with van der Waals surface area (Å²) in [5, 5.41) is 2.87. The fraction of sp³-hybridized carbons (Fsp3) is 0.529. The van der Waals surface area contributed by atoms with Gasteiger partial charge >= 0.3 is 0 Å². The van der Waals surface area contributed by atoms with Gasteiger partial charge in [-0.25, -0.2) is 9.97 Å². The summed E-state index contributed by atoms with van der Waals surface area (Å²) in [4.78, 5) is 8.70. The Bertz CT molecular complexity index is 741. The Labute approximate surface area is 152 Å². The number of hydrogen-bond donors (Lipinski definition) is 1. The molecule has 0 spiro atoms. The van der Waals surface area contributed by atoms with Crippen molar-refractivity contribution in [2.75, 3.05) is 14.1 Å². The minimum atomic E-state index is -0.515. The first-order chi connectivity index (χ1) is 11.2. The zero-order valence-electron chi connectivity index (χ0n) is 14.4. The molecule has 2 aromatic heterocycles. The smallest absolute Gasteiger partial charge is 0.223 e. The maximum atomic E-state index is 6.27. The third-order valence-electron chi connectivity index (χ3n) is 4.09. The van der Waals surface area contributed by atoms with Crippen molar-refractivity contribution in [3.05, 3.63) is 29.2 Å². The Hall–Kier alpha value is -1.08. The molecule has 0 saturated heterocycles. The predicted molar refractivity (Wildman–Crippen MR) is 100 cm³/mol. The molecule has 2 heterocycles. The lowest BCUT2D eigenvalue weighted by Crippen LogP contribution is -2.37. The molecule has 0 unspecified atom stereocenters. The zero-order chi connectivity index (χ0) is 17.5. The second kappa shape index (κ2) is 6.67. The van der Waals surface area contributed by atoms with Crippen LogP contribution in [0.25, 0.3) is 10.8 Å². The molecule has 130 valence electrons. The zero-order valence-corrected chi connectivity index (χ0v) is 16.0. The highest BCUT2D eigenvalue weighted by molar-refractivity contribution is 7.97. The quantitative estimate of drug-likeness (QED) is 0.644. The first-order valence-electron chi connectivity index (χ1n) is 7.98. The van der Waals surface area contributed by atoms with Crippen molar-refractivity contribution in [2.24, 2.45) is 5.73 Å². The van der Waals surface area contributed by atoms with E-state index in [-0.39, 0.29) is 6.10 Å². The van der Waals surface area contributed by atoms with Gasteiger partial charge in [-0.3, -0.25) is 4.31 Å². The second-order valence-corrected chi connectivity index (χ2v) is 9.00. The van der Waals surface area contributed by atoms with Crippen LogP contribution in [0.15, 0.2) is 18.5 Å². The summed E-state index contributed by atoms with van der Waals surface area (Å²) >= 11 is 7.94. The van der Waals surface area contributed by atoms with E-state index in [0.717, 1.165) is 29.2 Å². The molecule has 0 aliphatic heterocycles. The van der Waals surface area contributed by atoms with E-state index in [1.807, 2.05) is 31.9 Å². The number of hydrogen-bond acceptors (Lipinski definition) is 6. The number of ether oxygens (including phenoxy) is 1. The van der Waals surface area contributed by atoms with Crippen molar-refractivity contribution >= 4 is 34.3 Å². The van der Waals surface area contributed by atoms with Gasteiger partial charge in [0.1, 0.15) is 11.3 Å². The van der Waals surface area contributed by atoms with Gasteiger partial charge in [-0.1, -0.05) is 23.5 Å².